The van der Waals surface area contributed by atoms with Crippen LogP contribution in [0.15, 0.2) is 12.4 Å². The molecule has 1 aromatic rings. The average Bonchev–Trinajstić information content (AvgIpc) is 2.25. The van der Waals surface area contributed by atoms with E-state index < -0.39 is 5.97 Å². The molecule has 0 fully saturated rings. The first-order chi connectivity index (χ1) is 7.56. The van der Waals surface area contributed by atoms with Crippen LogP contribution in [0, 0.1) is 12.3 Å². The summed E-state index contributed by atoms with van der Waals surface area (Å²) in [6.07, 6.45) is 6.48. The van der Waals surface area contributed by atoms with Crippen LogP contribution < -0.4 is 4.90 Å². The topological polar surface area (TPSA) is 66.3 Å². The molecule has 0 saturated carbocycles. The van der Waals surface area contributed by atoms with E-state index in [0.717, 1.165) is 0 Å². The third-order valence-corrected chi connectivity index (χ3v) is 2.05. The molecule has 0 amide bonds. The lowest BCUT2D eigenvalue weighted by molar-refractivity contribution is 0.0690. The lowest BCUT2D eigenvalue weighted by Crippen LogP contribution is -2.32. The summed E-state index contributed by atoms with van der Waals surface area (Å²) in [4.78, 5) is 20.3. The monoisotopic (exact) mass is 219 g/mol. The van der Waals surface area contributed by atoms with E-state index in [9.17, 15) is 4.79 Å². The van der Waals surface area contributed by atoms with Gasteiger partial charge in [-0.1, -0.05) is 5.92 Å². The summed E-state index contributed by atoms with van der Waals surface area (Å²) < 4.78 is 0. The molecular formula is C11H13N3O2. The molecule has 0 aliphatic heterocycles. The van der Waals surface area contributed by atoms with Gasteiger partial charge in [0.1, 0.15) is 12.1 Å². The number of nitrogens with zero attached hydrogens (tertiary/aromatic N) is 3. The van der Waals surface area contributed by atoms with Gasteiger partial charge in [0.05, 0.1) is 6.54 Å². The first-order valence-corrected chi connectivity index (χ1v) is 4.81. The van der Waals surface area contributed by atoms with E-state index in [-0.39, 0.29) is 11.7 Å². The van der Waals surface area contributed by atoms with Gasteiger partial charge < -0.3 is 10.0 Å². The molecule has 84 valence electrons. The molecule has 1 rings (SSSR count). The summed E-state index contributed by atoms with van der Waals surface area (Å²) in [6.45, 7) is 4.30. The van der Waals surface area contributed by atoms with Gasteiger partial charge in [-0.05, 0) is 13.8 Å². The predicted molar refractivity (Wildman–Crippen MR) is 60.3 cm³/mol. The zero-order chi connectivity index (χ0) is 12.1. The van der Waals surface area contributed by atoms with Gasteiger partial charge in [0, 0.05) is 12.1 Å². The quantitative estimate of drug-likeness (QED) is 0.766. The molecular weight excluding hydrogens is 206 g/mol. The molecule has 0 saturated heterocycles. The minimum atomic E-state index is -1.08. The molecule has 1 aromatic heterocycles. The van der Waals surface area contributed by atoms with Crippen molar-refractivity contribution >= 4 is 11.8 Å². The van der Waals surface area contributed by atoms with Crippen molar-refractivity contribution in [1.82, 2.24) is 9.97 Å². The van der Waals surface area contributed by atoms with E-state index in [1.807, 2.05) is 18.7 Å². The number of terminal acetylenes is 1. The molecule has 16 heavy (non-hydrogen) atoms. The summed E-state index contributed by atoms with van der Waals surface area (Å²) in [5.41, 5.74) is -0.0346. The van der Waals surface area contributed by atoms with Crippen molar-refractivity contribution in [1.29, 1.82) is 0 Å². The normalized spacial score (nSPS) is 9.88. The number of hydrogen-bond acceptors (Lipinski definition) is 4. The third-order valence-electron chi connectivity index (χ3n) is 2.05. The SMILES string of the molecule is C#CCN(c1cc(C(=O)O)ncn1)C(C)C. The minimum Gasteiger partial charge on any atom is -0.477 e. The number of aromatic nitrogens is 2. The van der Waals surface area contributed by atoms with Crippen molar-refractivity contribution in [2.75, 3.05) is 11.4 Å². The fraction of sp³-hybridized carbons (Fsp3) is 0.364. The molecule has 5 heteroatoms. The summed E-state index contributed by atoms with van der Waals surface area (Å²) >= 11 is 0. The van der Waals surface area contributed by atoms with Crippen LogP contribution in [0.3, 0.4) is 0 Å². The maximum Gasteiger partial charge on any atom is 0.354 e. The molecule has 0 spiro atoms. The first kappa shape index (κ1) is 12.0. The number of anilines is 1. The van der Waals surface area contributed by atoms with Gasteiger partial charge in [0.25, 0.3) is 0 Å². The van der Waals surface area contributed by atoms with E-state index in [0.29, 0.717) is 12.4 Å². The first-order valence-electron chi connectivity index (χ1n) is 4.81. The Morgan fingerprint density at radius 3 is 2.81 bits per heavy atom. The van der Waals surface area contributed by atoms with Crippen molar-refractivity contribution in [3.63, 3.8) is 0 Å². The van der Waals surface area contributed by atoms with Gasteiger partial charge in [-0.3, -0.25) is 0 Å². The van der Waals surface area contributed by atoms with Crippen LogP contribution >= 0.6 is 0 Å². The van der Waals surface area contributed by atoms with Gasteiger partial charge >= 0.3 is 5.97 Å². The van der Waals surface area contributed by atoms with E-state index in [1.165, 1.54) is 12.4 Å². The second-order valence-electron chi connectivity index (χ2n) is 3.49. The highest BCUT2D eigenvalue weighted by molar-refractivity contribution is 5.86. The van der Waals surface area contributed by atoms with Crippen molar-refractivity contribution < 1.29 is 9.90 Å². The number of rotatable bonds is 4. The maximum atomic E-state index is 10.8. The maximum absolute atomic E-state index is 10.8. The fourth-order valence-corrected chi connectivity index (χ4v) is 1.25. The summed E-state index contributed by atoms with van der Waals surface area (Å²) in [5, 5.41) is 8.81. The highest BCUT2D eigenvalue weighted by Gasteiger charge is 2.13. The Kier molecular flexibility index (Phi) is 3.84. The fourth-order valence-electron chi connectivity index (χ4n) is 1.25. The molecule has 1 N–H and O–H groups in total. The molecule has 0 aliphatic rings. The molecule has 0 aromatic carbocycles. The Morgan fingerprint density at radius 1 is 1.62 bits per heavy atom. The predicted octanol–water partition coefficient (Wildman–Crippen LogP) is 1.02. The second kappa shape index (κ2) is 5.12. The van der Waals surface area contributed by atoms with E-state index in [4.69, 9.17) is 11.5 Å². The van der Waals surface area contributed by atoms with Crippen LogP contribution in [-0.4, -0.2) is 33.6 Å². The zero-order valence-corrected chi connectivity index (χ0v) is 9.21. The molecule has 0 radical (unpaired) electrons. The number of carboxylic acids is 1. The molecule has 0 bridgehead atoms. The molecule has 0 atom stereocenters. The second-order valence-corrected chi connectivity index (χ2v) is 3.49. The summed E-state index contributed by atoms with van der Waals surface area (Å²) in [5.74, 6) is 1.97. The van der Waals surface area contributed by atoms with Crippen LogP contribution in [0.25, 0.3) is 0 Å². The van der Waals surface area contributed by atoms with Crippen LogP contribution in [0.1, 0.15) is 24.3 Å². The third kappa shape index (κ3) is 2.70. The lowest BCUT2D eigenvalue weighted by atomic mass is 10.3. The highest BCUT2D eigenvalue weighted by Crippen LogP contribution is 2.13. The lowest BCUT2D eigenvalue weighted by Gasteiger charge is -2.25. The molecule has 1 heterocycles. The summed E-state index contributed by atoms with van der Waals surface area (Å²) in [6, 6.07) is 1.56. The van der Waals surface area contributed by atoms with Crippen molar-refractivity contribution in [2.24, 2.45) is 0 Å². The Morgan fingerprint density at radius 2 is 2.31 bits per heavy atom. The van der Waals surface area contributed by atoms with E-state index >= 15 is 0 Å². The Hall–Kier alpha value is -2.09. The van der Waals surface area contributed by atoms with Crippen molar-refractivity contribution in [2.45, 2.75) is 19.9 Å². The molecule has 0 aliphatic carbocycles. The van der Waals surface area contributed by atoms with Crippen LogP contribution in [0.5, 0.6) is 0 Å². The van der Waals surface area contributed by atoms with E-state index in [2.05, 4.69) is 15.9 Å². The zero-order valence-electron chi connectivity index (χ0n) is 9.21. The average molecular weight is 219 g/mol. The molecule has 5 nitrogen and oxygen atoms in total. The van der Waals surface area contributed by atoms with Gasteiger partial charge in [-0.2, -0.15) is 0 Å². The Bertz CT molecular complexity index is 423. The Balaban J connectivity index is 3.06. The van der Waals surface area contributed by atoms with Gasteiger partial charge in [0.2, 0.25) is 0 Å². The largest absolute Gasteiger partial charge is 0.477 e. The highest BCUT2D eigenvalue weighted by atomic mass is 16.4. The number of aromatic carboxylic acids is 1. The van der Waals surface area contributed by atoms with Gasteiger partial charge in [-0.15, -0.1) is 6.42 Å². The Labute approximate surface area is 94.1 Å². The van der Waals surface area contributed by atoms with Crippen molar-refractivity contribution in [3.8, 4) is 12.3 Å². The number of carboxylic acid groups (broad SMARTS) is 1. The van der Waals surface area contributed by atoms with E-state index in [1.54, 1.807) is 0 Å². The number of hydrogen-bond donors (Lipinski definition) is 1. The molecule has 0 unspecified atom stereocenters. The van der Waals surface area contributed by atoms with Gasteiger partial charge in [0.15, 0.2) is 5.69 Å². The van der Waals surface area contributed by atoms with Crippen molar-refractivity contribution in [3.05, 3.63) is 18.1 Å². The minimum absolute atomic E-state index is 0.0346. The van der Waals surface area contributed by atoms with Crippen LogP contribution in [0.4, 0.5) is 5.82 Å². The van der Waals surface area contributed by atoms with Crippen LogP contribution in [0.2, 0.25) is 0 Å². The van der Waals surface area contributed by atoms with Gasteiger partial charge in [-0.25, -0.2) is 14.8 Å². The number of carbonyl (C=O) groups is 1. The summed E-state index contributed by atoms with van der Waals surface area (Å²) in [7, 11) is 0. The standard InChI is InChI=1S/C11H13N3O2/c1-4-5-14(8(2)3)10-6-9(11(15)16)12-7-13-10/h1,6-8H,5H2,2-3H3,(H,15,16). The van der Waals surface area contributed by atoms with Crippen LogP contribution in [-0.2, 0) is 0 Å². The smallest absolute Gasteiger partial charge is 0.354 e.